The smallest absolute Gasteiger partial charge is 0.406 e. The molecule has 1 heterocycles. The number of alkyl halides is 6. The van der Waals surface area contributed by atoms with Crippen LogP contribution in [0, 0.1) is 0 Å². The van der Waals surface area contributed by atoms with Crippen molar-refractivity contribution in [2.45, 2.75) is 25.2 Å². The van der Waals surface area contributed by atoms with E-state index in [2.05, 4.69) is 14.5 Å². The molecule has 36 heavy (non-hydrogen) atoms. The van der Waals surface area contributed by atoms with Gasteiger partial charge in [-0.2, -0.15) is 0 Å². The zero-order chi connectivity index (χ0) is 26.1. The summed E-state index contributed by atoms with van der Waals surface area (Å²) in [5.41, 5.74) is 1.26. The van der Waals surface area contributed by atoms with Crippen LogP contribution in [0.15, 0.2) is 77.8 Å². The summed E-state index contributed by atoms with van der Waals surface area (Å²) >= 11 is 6.11. The van der Waals surface area contributed by atoms with Gasteiger partial charge in [-0.3, -0.25) is 9.69 Å². The second kappa shape index (κ2) is 9.73. The van der Waals surface area contributed by atoms with E-state index in [1.165, 1.54) is 29.2 Å². The number of nitrogens with zero attached hydrogens (tertiary/aromatic N) is 2. The Morgan fingerprint density at radius 2 is 1.39 bits per heavy atom. The molecular formula is C24H15ClF6N2O3. The highest BCUT2D eigenvalue weighted by molar-refractivity contribution is 6.46. The first-order valence-corrected chi connectivity index (χ1v) is 10.6. The van der Waals surface area contributed by atoms with Crippen molar-refractivity contribution in [3.63, 3.8) is 0 Å². The summed E-state index contributed by atoms with van der Waals surface area (Å²) in [7, 11) is 0. The number of anilines is 1. The molecule has 1 aliphatic rings. The lowest BCUT2D eigenvalue weighted by Gasteiger charge is -2.25. The maximum absolute atomic E-state index is 13.3. The van der Waals surface area contributed by atoms with Crippen LogP contribution in [0.25, 0.3) is 0 Å². The van der Waals surface area contributed by atoms with Crippen LogP contribution in [0.5, 0.6) is 11.5 Å². The molecule has 1 amide bonds. The van der Waals surface area contributed by atoms with Crippen LogP contribution in [0.3, 0.4) is 0 Å². The molecule has 188 valence electrons. The molecule has 0 radical (unpaired) electrons. The fourth-order valence-electron chi connectivity index (χ4n) is 3.70. The maximum Gasteiger partial charge on any atom is 0.573 e. The number of aliphatic imine (C=N–C) groups is 1. The van der Waals surface area contributed by atoms with Gasteiger partial charge < -0.3 is 9.47 Å². The van der Waals surface area contributed by atoms with Crippen LogP contribution >= 0.6 is 11.6 Å². The van der Waals surface area contributed by atoms with E-state index in [1.54, 1.807) is 24.3 Å². The minimum Gasteiger partial charge on any atom is -0.406 e. The minimum atomic E-state index is -4.87. The molecule has 0 saturated carbocycles. The average molecular weight is 529 g/mol. The SMILES string of the molecule is O=C1C(=Nc2ccc(OC(F)(F)F)cc2)CC(c2cccc(Cl)c2)N1c1ccc(OC(F)(F)F)cc1. The topological polar surface area (TPSA) is 51.1 Å². The summed E-state index contributed by atoms with van der Waals surface area (Å²) in [6.45, 7) is 0. The highest BCUT2D eigenvalue weighted by Gasteiger charge is 2.39. The van der Waals surface area contributed by atoms with Crippen molar-refractivity contribution < 1.29 is 40.6 Å². The van der Waals surface area contributed by atoms with Gasteiger partial charge in [0.1, 0.15) is 17.2 Å². The van der Waals surface area contributed by atoms with Crippen molar-refractivity contribution in [3.8, 4) is 11.5 Å². The number of carbonyl (C=O) groups excluding carboxylic acids is 1. The van der Waals surface area contributed by atoms with E-state index in [4.69, 9.17) is 11.6 Å². The first-order valence-electron chi connectivity index (χ1n) is 10.3. The molecular weight excluding hydrogens is 514 g/mol. The Bertz CT molecular complexity index is 1270. The van der Waals surface area contributed by atoms with Gasteiger partial charge in [0.25, 0.3) is 5.91 Å². The summed E-state index contributed by atoms with van der Waals surface area (Å²) < 4.78 is 82.4. The third-order valence-electron chi connectivity index (χ3n) is 5.08. The summed E-state index contributed by atoms with van der Waals surface area (Å²) in [5, 5.41) is 0.416. The number of rotatable bonds is 5. The van der Waals surface area contributed by atoms with Crippen molar-refractivity contribution in [1.82, 2.24) is 0 Å². The normalized spacial score (nSPS) is 17.5. The molecule has 12 heteroatoms. The van der Waals surface area contributed by atoms with Gasteiger partial charge in [0, 0.05) is 17.1 Å². The molecule has 0 aromatic heterocycles. The number of carbonyl (C=O) groups is 1. The molecule has 5 nitrogen and oxygen atoms in total. The lowest BCUT2D eigenvalue weighted by molar-refractivity contribution is -0.275. The number of benzene rings is 3. The lowest BCUT2D eigenvalue weighted by Crippen LogP contribution is -2.29. The highest BCUT2D eigenvalue weighted by atomic mass is 35.5. The van der Waals surface area contributed by atoms with Crippen LogP contribution in [0.1, 0.15) is 18.0 Å². The van der Waals surface area contributed by atoms with E-state index in [0.717, 1.165) is 24.3 Å². The Kier molecular flexibility index (Phi) is 6.85. The van der Waals surface area contributed by atoms with Gasteiger partial charge in [-0.15, -0.1) is 26.3 Å². The first-order chi connectivity index (χ1) is 16.9. The molecule has 4 rings (SSSR count). The van der Waals surface area contributed by atoms with Crippen LogP contribution in [-0.4, -0.2) is 24.3 Å². The minimum absolute atomic E-state index is 0.0973. The third kappa shape index (κ3) is 6.28. The summed E-state index contributed by atoms with van der Waals surface area (Å²) in [6.07, 6.45) is -9.60. The zero-order valence-corrected chi connectivity index (χ0v) is 18.7. The maximum atomic E-state index is 13.3. The van der Waals surface area contributed by atoms with Gasteiger partial charge in [-0.05, 0) is 66.2 Å². The molecule has 1 fully saturated rings. The highest BCUT2D eigenvalue weighted by Crippen LogP contribution is 2.38. The van der Waals surface area contributed by atoms with Gasteiger partial charge in [0.05, 0.1) is 11.7 Å². The van der Waals surface area contributed by atoms with Crippen molar-refractivity contribution in [1.29, 1.82) is 0 Å². The first kappa shape index (κ1) is 25.4. The van der Waals surface area contributed by atoms with E-state index in [1.807, 2.05) is 0 Å². The second-order valence-corrected chi connectivity index (χ2v) is 8.03. The monoisotopic (exact) mass is 528 g/mol. The third-order valence-corrected chi connectivity index (χ3v) is 5.32. The Morgan fingerprint density at radius 1 is 0.833 bits per heavy atom. The molecule has 1 saturated heterocycles. The molecule has 0 bridgehead atoms. The zero-order valence-electron chi connectivity index (χ0n) is 18.0. The van der Waals surface area contributed by atoms with Crippen molar-refractivity contribution in [2.24, 2.45) is 4.99 Å². The quantitative estimate of drug-likeness (QED) is 0.324. The predicted octanol–water partition coefficient (Wildman–Crippen LogP) is 7.39. The summed E-state index contributed by atoms with van der Waals surface area (Å²) in [5.74, 6) is -1.42. The standard InChI is InChI=1S/C24H15ClF6N2O3/c25-15-3-1-2-14(12-15)21-13-20(32-16-4-8-18(9-5-16)35-23(26,27)28)22(34)33(21)17-6-10-19(11-7-17)36-24(29,30)31/h1-12,21H,13H2. The van der Waals surface area contributed by atoms with Crippen LogP contribution in [-0.2, 0) is 4.79 Å². The molecule has 3 aromatic rings. The largest absolute Gasteiger partial charge is 0.573 e. The Labute approximate surface area is 205 Å². The number of ether oxygens (including phenoxy) is 2. The van der Waals surface area contributed by atoms with Crippen LogP contribution < -0.4 is 14.4 Å². The molecule has 0 N–H and O–H groups in total. The Morgan fingerprint density at radius 3 is 1.92 bits per heavy atom. The number of halogens is 7. The molecule has 0 spiro atoms. The van der Waals surface area contributed by atoms with Crippen molar-refractivity contribution >= 4 is 34.6 Å². The molecule has 1 atom stereocenters. The van der Waals surface area contributed by atoms with E-state index in [0.29, 0.717) is 16.3 Å². The van der Waals surface area contributed by atoms with Gasteiger partial charge in [0.2, 0.25) is 0 Å². The summed E-state index contributed by atoms with van der Waals surface area (Å²) in [4.78, 5) is 19.0. The molecule has 0 aliphatic carbocycles. The average Bonchev–Trinajstić information content (AvgIpc) is 3.10. The van der Waals surface area contributed by atoms with E-state index in [9.17, 15) is 31.1 Å². The molecule has 3 aromatic carbocycles. The van der Waals surface area contributed by atoms with E-state index in [-0.39, 0.29) is 17.8 Å². The number of hydrogen-bond acceptors (Lipinski definition) is 4. The number of hydrogen-bond donors (Lipinski definition) is 0. The predicted molar refractivity (Wildman–Crippen MR) is 120 cm³/mol. The summed E-state index contributed by atoms with van der Waals surface area (Å²) in [6, 6.07) is 15.6. The van der Waals surface area contributed by atoms with Gasteiger partial charge in [-0.1, -0.05) is 23.7 Å². The molecule has 1 unspecified atom stereocenters. The fourth-order valence-corrected chi connectivity index (χ4v) is 3.90. The van der Waals surface area contributed by atoms with Crippen LogP contribution in [0.2, 0.25) is 5.02 Å². The Hall–Kier alpha value is -3.73. The van der Waals surface area contributed by atoms with Crippen molar-refractivity contribution in [3.05, 3.63) is 83.4 Å². The fraction of sp³-hybridized carbons (Fsp3) is 0.167. The van der Waals surface area contributed by atoms with Gasteiger partial charge >= 0.3 is 12.7 Å². The molecule has 1 aliphatic heterocycles. The van der Waals surface area contributed by atoms with Gasteiger partial charge in [0.15, 0.2) is 0 Å². The lowest BCUT2D eigenvalue weighted by atomic mass is 10.0. The van der Waals surface area contributed by atoms with E-state index < -0.39 is 36.2 Å². The number of amides is 1. The Balaban J connectivity index is 1.66. The van der Waals surface area contributed by atoms with Crippen molar-refractivity contribution in [2.75, 3.05) is 4.90 Å². The van der Waals surface area contributed by atoms with E-state index >= 15 is 0 Å². The second-order valence-electron chi connectivity index (χ2n) is 7.59. The van der Waals surface area contributed by atoms with Gasteiger partial charge in [-0.25, -0.2) is 4.99 Å². The van der Waals surface area contributed by atoms with Crippen LogP contribution in [0.4, 0.5) is 37.7 Å².